The van der Waals surface area contributed by atoms with Crippen molar-refractivity contribution in [2.75, 3.05) is 6.61 Å². The third-order valence-electron chi connectivity index (χ3n) is 3.84. The first-order chi connectivity index (χ1) is 14.9. The van der Waals surface area contributed by atoms with E-state index in [-0.39, 0.29) is 22.9 Å². The third-order valence-corrected chi connectivity index (χ3v) is 4.67. The molecule has 158 valence electrons. The maximum Gasteiger partial charge on any atom is 0.345 e. The van der Waals surface area contributed by atoms with Crippen molar-refractivity contribution in [2.45, 2.75) is 0 Å². The molecular weight excluding hydrogens is 491 g/mol. The van der Waals surface area contributed by atoms with E-state index in [0.717, 1.165) is 4.47 Å². The van der Waals surface area contributed by atoms with Gasteiger partial charge >= 0.3 is 5.97 Å². The minimum absolute atomic E-state index is 0.223. The van der Waals surface area contributed by atoms with Crippen LogP contribution in [0.1, 0.15) is 15.9 Å². The van der Waals surface area contributed by atoms with Gasteiger partial charge in [0.2, 0.25) is 0 Å². The average molecular weight is 506 g/mol. The summed E-state index contributed by atoms with van der Waals surface area (Å²) in [7, 11) is 0. The molecule has 3 aromatic rings. The zero-order chi connectivity index (χ0) is 22.2. The van der Waals surface area contributed by atoms with Crippen LogP contribution in [0.5, 0.6) is 11.5 Å². The maximum atomic E-state index is 12.9. The van der Waals surface area contributed by atoms with Crippen molar-refractivity contribution >= 4 is 45.6 Å². The molecule has 0 radical (unpaired) electrons. The van der Waals surface area contributed by atoms with Crippen molar-refractivity contribution in [2.24, 2.45) is 5.10 Å². The molecule has 0 spiro atoms. The van der Waals surface area contributed by atoms with E-state index in [9.17, 15) is 14.0 Å². The van der Waals surface area contributed by atoms with Crippen molar-refractivity contribution in [3.05, 3.63) is 93.2 Å². The van der Waals surface area contributed by atoms with Gasteiger partial charge in [-0.25, -0.2) is 14.6 Å². The Labute approximate surface area is 190 Å². The summed E-state index contributed by atoms with van der Waals surface area (Å²) < 4.78 is 24.3. The number of carbonyl (C=O) groups is 2. The van der Waals surface area contributed by atoms with Gasteiger partial charge in [0.05, 0.1) is 16.8 Å². The molecule has 0 aliphatic carbocycles. The Kier molecular flexibility index (Phi) is 7.75. The SMILES string of the molecule is O=C(COc1ccc(F)cc1)NN=Cc1cc(Br)ccc1OC(=O)c1ccccc1Cl. The number of esters is 1. The molecule has 0 saturated heterocycles. The Balaban J connectivity index is 1.62. The lowest BCUT2D eigenvalue weighted by atomic mass is 10.2. The minimum Gasteiger partial charge on any atom is -0.484 e. The first-order valence-corrected chi connectivity index (χ1v) is 10.1. The fourth-order valence-electron chi connectivity index (χ4n) is 2.38. The van der Waals surface area contributed by atoms with Crippen LogP contribution >= 0.6 is 27.5 Å². The summed E-state index contributed by atoms with van der Waals surface area (Å²) in [6.07, 6.45) is 1.33. The highest BCUT2D eigenvalue weighted by atomic mass is 79.9. The van der Waals surface area contributed by atoms with E-state index in [2.05, 4.69) is 26.5 Å². The lowest BCUT2D eigenvalue weighted by Crippen LogP contribution is -2.24. The zero-order valence-corrected chi connectivity index (χ0v) is 18.2. The monoisotopic (exact) mass is 504 g/mol. The number of carbonyl (C=O) groups excluding carboxylic acids is 2. The Morgan fingerprint density at radius 3 is 2.58 bits per heavy atom. The molecule has 0 heterocycles. The summed E-state index contributed by atoms with van der Waals surface area (Å²) in [4.78, 5) is 24.3. The smallest absolute Gasteiger partial charge is 0.345 e. The topological polar surface area (TPSA) is 77.0 Å². The van der Waals surface area contributed by atoms with Crippen LogP contribution in [0, 0.1) is 5.82 Å². The molecule has 3 rings (SSSR count). The van der Waals surface area contributed by atoms with Crippen LogP contribution in [0.2, 0.25) is 5.02 Å². The van der Waals surface area contributed by atoms with Crippen LogP contribution in [0.3, 0.4) is 0 Å². The highest BCUT2D eigenvalue weighted by Gasteiger charge is 2.14. The Hall–Kier alpha value is -3.23. The number of hydrogen-bond acceptors (Lipinski definition) is 5. The first-order valence-electron chi connectivity index (χ1n) is 8.89. The number of halogens is 3. The van der Waals surface area contributed by atoms with E-state index in [4.69, 9.17) is 21.1 Å². The summed E-state index contributed by atoms with van der Waals surface area (Å²) in [5.74, 6) is -0.971. The van der Waals surface area contributed by atoms with Gasteiger partial charge < -0.3 is 9.47 Å². The molecule has 0 saturated carbocycles. The van der Waals surface area contributed by atoms with E-state index in [0.29, 0.717) is 11.3 Å². The molecule has 0 aliphatic heterocycles. The molecule has 6 nitrogen and oxygen atoms in total. The van der Waals surface area contributed by atoms with Crippen molar-refractivity contribution in [1.29, 1.82) is 0 Å². The van der Waals surface area contributed by atoms with Crippen molar-refractivity contribution < 1.29 is 23.5 Å². The number of rotatable bonds is 7. The predicted octanol–water partition coefficient (Wildman–Crippen LogP) is 4.99. The number of ether oxygens (including phenoxy) is 2. The van der Waals surface area contributed by atoms with Gasteiger partial charge in [0, 0.05) is 10.0 Å². The lowest BCUT2D eigenvalue weighted by molar-refractivity contribution is -0.123. The second-order valence-corrected chi connectivity index (χ2v) is 7.41. The van der Waals surface area contributed by atoms with E-state index < -0.39 is 17.7 Å². The second kappa shape index (κ2) is 10.7. The Morgan fingerprint density at radius 1 is 1.10 bits per heavy atom. The molecule has 1 amide bonds. The number of nitrogens with one attached hydrogen (secondary N) is 1. The van der Waals surface area contributed by atoms with Gasteiger partial charge in [0.15, 0.2) is 6.61 Å². The van der Waals surface area contributed by atoms with Crippen molar-refractivity contribution in [1.82, 2.24) is 5.43 Å². The molecule has 31 heavy (non-hydrogen) atoms. The van der Waals surface area contributed by atoms with Gasteiger partial charge in [-0.1, -0.05) is 39.7 Å². The van der Waals surface area contributed by atoms with Gasteiger partial charge in [-0.2, -0.15) is 5.10 Å². The molecule has 1 N–H and O–H groups in total. The van der Waals surface area contributed by atoms with Crippen LogP contribution in [0.25, 0.3) is 0 Å². The van der Waals surface area contributed by atoms with Crippen LogP contribution in [0.4, 0.5) is 4.39 Å². The number of hydrazone groups is 1. The summed E-state index contributed by atoms with van der Waals surface area (Å²) in [5, 5.41) is 4.14. The fourth-order valence-corrected chi connectivity index (χ4v) is 2.97. The van der Waals surface area contributed by atoms with Crippen LogP contribution in [-0.2, 0) is 4.79 Å². The number of hydrogen-bond donors (Lipinski definition) is 1. The van der Waals surface area contributed by atoms with Gasteiger partial charge in [0.1, 0.15) is 17.3 Å². The first kappa shape index (κ1) is 22.5. The molecule has 0 unspecified atom stereocenters. The quantitative estimate of drug-likeness (QED) is 0.212. The number of amides is 1. The highest BCUT2D eigenvalue weighted by Crippen LogP contribution is 2.24. The molecule has 3 aromatic carbocycles. The second-order valence-electron chi connectivity index (χ2n) is 6.09. The van der Waals surface area contributed by atoms with Gasteiger partial charge in [-0.15, -0.1) is 0 Å². The Morgan fingerprint density at radius 2 is 1.84 bits per heavy atom. The summed E-state index contributed by atoms with van der Waals surface area (Å²) in [6.45, 7) is -0.310. The zero-order valence-electron chi connectivity index (χ0n) is 15.8. The van der Waals surface area contributed by atoms with E-state index in [1.807, 2.05) is 0 Å². The highest BCUT2D eigenvalue weighted by molar-refractivity contribution is 9.10. The van der Waals surface area contributed by atoms with Gasteiger partial charge in [0.25, 0.3) is 5.91 Å². The number of nitrogens with zero attached hydrogens (tertiary/aromatic N) is 1. The molecular formula is C22H15BrClFN2O4. The van der Waals surface area contributed by atoms with Crippen LogP contribution in [-0.4, -0.2) is 24.7 Å². The molecule has 0 atom stereocenters. The standard InChI is InChI=1S/C22H15BrClFN2O4/c23-15-5-10-20(31-22(29)18-3-1-2-4-19(18)24)14(11-15)12-26-27-21(28)13-30-17-8-6-16(25)7-9-17/h1-12H,13H2,(H,27,28). The molecule has 0 aliphatic rings. The predicted molar refractivity (Wildman–Crippen MR) is 118 cm³/mol. The summed E-state index contributed by atoms with van der Waals surface area (Å²) in [6, 6.07) is 16.7. The molecule has 0 aromatic heterocycles. The summed E-state index contributed by atoms with van der Waals surface area (Å²) in [5.41, 5.74) is 2.97. The van der Waals surface area contributed by atoms with E-state index >= 15 is 0 Å². The third kappa shape index (κ3) is 6.63. The number of benzene rings is 3. The maximum absolute atomic E-state index is 12.9. The van der Waals surface area contributed by atoms with Gasteiger partial charge in [-0.05, 0) is 54.6 Å². The fraction of sp³-hybridized carbons (Fsp3) is 0.0455. The van der Waals surface area contributed by atoms with Crippen molar-refractivity contribution in [3.63, 3.8) is 0 Å². The normalized spacial score (nSPS) is 10.7. The largest absolute Gasteiger partial charge is 0.484 e. The molecule has 0 bridgehead atoms. The molecule has 0 fully saturated rings. The van der Waals surface area contributed by atoms with Crippen molar-refractivity contribution in [3.8, 4) is 11.5 Å². The van der Waals surface area contributed by atoms with Crippen LogP contribution < -0.4 is 14.9 Å². The minimum atomic E-state index is -0.626. The average Bonchev–Trinajstić information content (AvgIpc) is 2.75. The van der Waals surface area contributed by atoms with Gasteiger partial charge in [-0.3, -0.25) is 4.79 Å². The summed E-state index contributed by atoms with van der Waals surface area (Å²) >= 11 is 9.38. The van der Waals surface area contributed by atoms with Crippen LogP contribution in [0.15, 0.2) is 76.3 Å². The van der Waals surface area contributed by atoms with E-state index in [1.165, 1.54) is 30.5 Å². The lowest BCUT2D eigenvalue weighted by Gasteiger charge is -2.09. The molecule has 9 heteroatoms. The Bertz CT molecular complexity index is 1120. The van der Waals surface area contributed by atoms with E-state index in [1.54, 1.807) is 42.5 Å².